The van der Waals surface area contributed by atoms with Crippen molar-refractivity contribution >= 4 is 27.4 Å². The zero-order chi connectivity index (χ0) is 17.6. The molecule has 0 heterocycles. The van der Waals surface area contributed by atoms with Crippen molar-refractivity contribution in [1.29, 1.82) is 0 Å². The average molecular weight is 367 g/mol. The first-order valence-corrected chi connectivity index (χ1v) is 9.65. The summed E-state index contributed by atoms with van der Waals surface area (Å²) >= 11 is 5.78. The molecule has 0 fully saturated rings. The first-order chi connectivity index (χ1) is 11.4. The molecule has 0 amide bonds. The van der Waals surface area contributed by atoms with Crippen molar-refractivity contribution in [3.8, 4) is 0 Å². The van der Waals surface area contributed by atoms with E-state index in [1.165, 1.54) is 12.1 Å². The van der Waals surface area contributed by atoms with Gasteiger partial charge in [-0.25, -0.2) is 8.42 Å². The van der Waals surface area contributed by atoms with E-state index >= 15 is 0 Å². The summed E-state index contributed by atoms with van der Waals surface area (Å²) in [5, 5.41) is 0.506. The second kappa shape index (κ2) is 8.31. The van der Waals surface area contributed by atoms with E-state index in [2.05, 4.69) is 0 Å². The van der Waals surface area contributed by atoms with Crippen LogP contribution < -0.4 is 0 Å². The summed E-state index contributed by atoms with van der Waals surface area (Å²) in [7, 11) is -3.34. The number of aryl methyl sites for hydroxylation is 1. The van der Waals surface area contributed by atoms with E-state index in [1.807, 2.05) is 24.3 Å². The van der Waals surface area contributed by atoms with E-state index < -0.39 is 9.84 Å². The third-order valence-corrected chi connectivity index (χ3v) is 5.49. The van der Waals surface area contributed by atoms with Crippen molar-refractivity contribution in [2.75, 3.05) is 12.4 Å². The summed E-state index contributed by atoms with van der Waals surface area (Å²) in [4.78, 5) is 11.7. The summed E-state index contributed by atoms with van der Waals surface area (Å²) < 4.78 is 29.5. The molecule has 2 rings (SSSR count). The van der Waals surface area contributed by atoms with E-state index in [0.717, 1.165) is 11.1 Å². The van der Waals surface area contributed by atoms with Crippen LogP contribution in [0.1, 0.15) is 18.1 Å². The van der Waals surface area contributed by atoms with Crippen molar-refractivity contribution in [1.82, 2.24) is 0 Å². The summed E-state index contributed by atoms with van der Waals surface area (Å²) in [6, 6.07) is 13.5. The number of carbonyl (C=O) groups is 1. The van der Waals surface area contributed by atoms with E-state index in [0.29, 0.717) is 18.1 Å². The number of carbonyl (C=O) groups excluding carboxylic acids is 1. The highest BCUT2D eigenvalue weighted by atomic mass is 35.5. The van der Waals surface area contributed by atoms with Crippen LogP contribution in [0.3, 0.4) is 0 Å². The number of benzene rings is 2. The van der Waals surface area contributed by atoms with Crippen LogP contribution >= 0.6 is 11.6 Å². The Morgan fingerprint density at radius 2 is 1.58 bits per heavy atom. The number of esters is 1. The van der Waals surface area contributed by atoms with Gasteiger partial charge in [0.25, 0.3) is 0 Å². The number of ether oxygens (including phenoxy) is 1. The monoisotopic (exact) mass is 366 g/mol. The van der Waals surface area contributed by atoms with Crippen molar-refractivity contribution in [2.24, 2.45) is 0 Å². The molecule has 6 heteroatoms. The number of halogens is 1. The molecule has 0 bridgehead atoms. The molecule has 0 unspecified atom stereocenters. The molecule has 4 nitrogen and oxygen atoms in total. The topological polar surface area (TPSA) is 60.4 Å². The van der Waals surface area contributed by atoms with E-state index in [4.69, 9.17) is 16.3 Å². The van der Waals surface area contributed by atoms with Crippen LogP contribution in [0.2, 0.25) is 5.02 Å². The fourth-order valence-electron chi connectivity index (χ4n) is 2.21. The minimum Gasteiger partial charge on any atom is -0.466 e. The summed E-state index contributed by atoms with van der Waals surface area (Å²) in [5.41, 5.74) is 1.75. The molecule has 0 aromatic heterocycles. The maximum atomic E-state index is 12.3. The fourth-order valence-corrected chi connectivity index (χ4v) is 3.63. The largest absolute Gasteiger partial charge is 0.466 e. The first kappa shape index (κ1) is 18.5. The zero-order valence-electron chi connectivity index (χ0n) is 13.4. The fraction of sp³-hybridized carbons (Fsp3) is 0.278. The van der Waals surface area contributed by atoms with Crippen molar-refractivity contribution in [2.45, 2.75) is 24.7 Å². The number of sulfone groups is 1. The second-order valence-corrected chi connectivity index (χ2v) is 7.87. The minimum absolute atomic E-state index is 0.0197. The smallest absolute Gasteiger partial charge is 0.310 e. The SMILES string of the molecule is CCOC(=O)Cc1ccc(CCS(=O)(=O)c2ccc(Cl)cc2)cc1. The Labute approximate surface area is 147 Å². The lowest BCUT2D eigenvalue weighted by atomic mass is 10.1. The predicted octanol–water partition coefficient (Wildman–Crippen LogP) is 3.46. The van der Waals surface area contributed by atoms with Crippen LogP contribution in [-0.2, 0) is 32.2 Å². The summed E-state index contributed by atoms with van der Waals surface area (Å²) in [6.45, 7) is 2.13. The average Bonchev–Trinajstić information content (AvgIpc) is 2.55. The van der Waals surface area contributed by atoms with Gasteiger partial charge < -0.3 is 4.74 Å². The molecule has 0 atom stereocenters. The lowest BCUT2D eigenvalue weighted by molar-refractivity contribution is -0.142. The van der Waals surface area contributed by atoms with Gasteiger partial charge in [-0.2, -0.15) is 0 Å². The predicted molar refractivity (Wildman–Crippen MR) is 94.0 cm³/mol. The molecule has 24 heavy (non-hydrogen) atoms. The lowest BCUT2D eigenvalue weighted by Crippen LogP contribution is -2.09. The molecule has 2 aromatic rings. The van der Waals surface area contributed by atoms with Gasteiger partial charge in [0.1, 0.15) is 0 Å². The molecule has 0 N–H and O–H groups in total. The van der Waals surface area contributed by atoms with E-state index in [9.17, 15) is 13.2 Å². The molecule has 0 aliphatic rings. The van der Waals surface area contributed by atoms with E-state index in [-0.39, 0.29) is 23.0 Å². The van der Waals surface area contributed by atoms with Crippen molar-refractivity contribution in [3.63, 3.8) is 0 Å². The van der Waals surface area contributed by atoms with Crippen LogP contribution in [0.15, 0.2) is 53.4 Å². The third-order valence-electron chi connectivity index (χ3n) is 3.51. The van der Waals surface area contributed by atoms with Gasteiger partial charge in [0.2, 0.25) is 0 Å². The molecular formula is C18H19ClO4S. The van der Waals surface area contributed by atoms with Gasteiger partial charge in [-0.15, -0.1) is 0 Å². The Balaban J connectivity index is 1.96. The molecule has 128 valence electrons. The van der Waals surface area contributed by atoms with Crippen molar-refractivity contribution in [3.05, 3.63) is 64.7 Å². The summed E-state index contributed by atoms with van der Waals surface area (Å²) in [5.74, 6) is -0.248. The van der Waals surface area contributed by atoms with Gasteiger partial charge in [0.05, 0.1) is 23.7 Å². The highest BCUT2D eigenvalue weighted by Gasteiger charge is 2.14. The van der Waals surface area contributed by atoms with Crippen molar-refractivity contribution < 1.29 is 17.9 Å². The zero-order valence-corrected chi connectivity index (χ0v) is 14.9. The van der Waals surface area contributed by atoms with Gasteiger partial charge in [0, 0.05) is 5.02 Å². The van der Waals surface area contributed by atoms with Gasteiger partial charge in [0.15, 0.2) is 9.84 Å². The van der Waals surface area contributed by atoms with Gasteiger partial charge in [-0.1, -0.05) is 35.9 Å². The lowest BCUT2D eigenvalue weighted by Gasteiger charge is -2.06. The van der Waals surface area contributed by atoms with Crippen LogP contribution in [0.4, 0.5) is 0 Å². The van der Waals surface area contributed by atoms with Gasteiger partial charge in [-0.05, 0) is 48.7 Å². The molecule has 0 radical (unpaired) electrons. The quantitative estimate of drug-likeness (QED) is 0.704. The second-order valence-electron chi connectivity index (χ2n) is 5.32. The highest BCUT2D eigenvalue weighted by molar-refractivity contribution is 7.91. The maximum absolute atomic E-state index is 12.3. The molecule has 0 aliphatic carbocycles. The highest BCUT2D eigenvalue weighted by Crippen LogP contribution is 2.17. The number of hydrogen-bond donors (Lipinski definition) is 0. The summed E-state index contributed by atoms with van der Waals surface area (Å²) in [6.07, 6.45) is 0.627. The molecule has 0 saturated heterocycles. The Morgan fingerprint density at radius 1 is 1.00 bits per heavy atom. The van der Waals surface area contributed by atoms with Gasteiger partial charge >= 0.3 is 5.97 Å². The Morgan fingerprint density at radius 3 is 2.17 bits per heavy atom. The third kappa shape index (κ3) is 5.35. The van der Waals surface area contributed by atoms with Crippen LogP contribution in [0, 0.1) is 0 Å². The standard InChI is InChI=1S/C18H19ClO4S/c1-2-23-18(20)13-15-5-3-14(4-6-15)11-12-24(21,22)17-9-7-16(19)8-10-17/h3-10H,2,11-13H2,1H3. The Kier molecular flexibility index (Phi) is 6.40. The van der Waals surface area contributed by atoms with E-state index in [1.54, 1.807) is 19.1 Å². The molecule has 0 spiro atoms. The Bertz CT molecular complexity index is 781. The normalized spacial score (nSPS) is 11.2. The molecule has 0 saturated carbocycles. The maximum Gasteiger partial charge on any atom is 0.310 e. The number of rotatable bonds is 7. The van der Waals surface area contributed by atoms with Crippen LogP contribution in [-0.4, -0.2) is 26.7 Å². The molecule has 0 aliphatic heterocycles. The number of hydrogen-bond acceptors (Lipinski definition) is 4. The minimum atomic E-state index is -3.34. The molecular weight excluding hydrogens is 348 g/mol. The Hall–Kier alpha value is -1.85. The van der Waals surface area contributed by atoms with Crippen LogP contribution in [0.25, 0.3) is 0 Å². The van der Waals surface area contributed by atoms with Crippen LogP contribution in [0.5, 0.6) is 0 Å². The van der Waals surface area contributed by atoms with Gasteiger partial charge in [-0.3, -0.25) is 4.79 Å². The first-order valence-electron chi connectivity index (χ1n) is 7.62. The molecule has 2 aromatic carbocycles.